The predicted octanol–water partition coefficient (Wildman–Crippen LogP) is 3.95. The van der Waals surface area contributed by atoms with Gasteiger partial charge in [-0.1, -0.05) is 11.6 Å². The predicted molar refractivity (Wildman–Crippen MR) is 82.5 cm³/mol. The minimum absolute atomic E-state index is 0.0527. The fraction of sp³-hybridized carbons (Fsp3) is 0.429. The van der Waals surface area contributed by atoms with Gasteiger partial charge in [0.05, 0.1) is 22.9 Å². The van der Waals surface area contributed by atoms with Crippen molar-refractivity contribution >= 4 is 29.3 Å². The number of pyridine rings is 1. The fourth-order valence-electron chi connectivity index (χ4n) is 1.98. The number of nitrogens with zero attached hydrogens (tertiary/aromatic N) is 1. The molecular formula is C14H11ClF6N2O2S. The van der Waals surface area contributed by atoms with Crippen molar-refractivity contribution in [1.82, 2.24) is 10.3 Å². The summed E-state index contributed by atoms with van der Waals surface area (Å²) < 4.78 is 80.6. The Morgan fingerprint density at radius 1 is 1.27 bits per heavy atom. The Hall–Kier alpha value is -1.62. The number of rotatable bonds is 4. The van der Waals surface area contributed by atoms with E-state index in [-0.39, 0.29) is 36.0 Å². The maximum absolute atomic E-state index is 12.8. The summed E-state index contributed by atoms with van der Waals surface area (Å²) in [6, 6.07) is 0.695. The van der Waals surface area contributed by atoms with E-state index in [2.05, 4.69) is 15.0 Å². The van der Waals surface area contributed by atoms with Gasteiger partial charge in [0.2, 0.25) is 5.76 Å². The number of carbonyl (C=O) groups is 1. The van der Waals surface area contributed by atoms with Crippen molar-refractivity contribution in [1.29, 1.82) is 0 Å². The monoisotopic (exact) mass is 420 g/mol. The van der Waals surface area contributed by atoms with Gasteiger partial charge >= 0.3 is 12.4 Å². The van der Waals surface area contributed by atoms with Crippen LogP contribution in [0.4, 0.5) is 26.3 Å². The molecule has 0 spiro atoms. The number of amides is 1. The van der Waals surface area contributed by atoms with Crippen molar-refractivity contribution in [3.63, 3.8) is 0 Å². The van der Waals surface area contributed by atoms with E-state index in [0.717, 1.165) is 0 Å². The van der Waals surface area contributed by atoms with Gasteiger partial charge in [0, 0.05) is 24.9 Å². The number of hydrogen-bond acceptors (Lipinski definition) is 4. The standard InChI is InChI=1S/C14H11ClF6N2O2S/c15-8-5-7(13(16,17)18)6-23-9(8)1-2-22-12(24)10-11(14(19,20)21)25-3-4-26-10/h5-6H,1-4H2,(H,22,24). The van der Waals surface area contributed by atoms with Crippen LogP contribution in [0.15, 0.2) is 22.9 Å². The molecule has 4 nitrogen and oxygen atoms in total. The molecule has 0 fully saturated rings. The SMILES string of the molecule is O=C(NCCc1ncc(C(F)(F)F)cc1Cl)C1=C(C(F)(F)F)OCCS1. The Morgan fingerprint density at radius 3 is 2.54 bits per heavy atom. The van der Waals surface area contributed by atoms with Crippen molar-refractivity contribution in [3.8, 4) is 0 Å². The lowest BCUT2D eigenvalue weighted by Gasteiger charge is -2.21. The minimum atomic E-state index is -4.79. The van der Waals surface area contributed by atoms with E-state index < -0.39 is 34.5 Å². The van der Waals surface area contributed by atoms with E-state index in [1.807, 2.05) is 0 Å². The van der Waals surface area contributed by atoms with Gasteiger partial charge in [-0.15, -0.1) is 11.8 Å². The summed E-state index contributed by atoms with van der Waals surface area (Å²) in [6.45, 7) is -0.326. The number of allylic oxidation sites excluding steroid dienone is 1. The van der Waals surface area contributed by atoms with Crippen molar-refractivity contribution in [2.45, 2.75) is 18.8 Å². The molecule has 0 aliphatic carbocycles. The third-order valence-corrected chi connectivity index (χ3v) is 4.50. The fourth-order valence-corrected chi connectivity index (χ4v) is 3.12. The molecule has 0 unspecified atom stereocenters. The molecule has 2 rings (SSSR count). The van der Waals surface area contributed by atoms with Crippen molar-refractivity contribution in [2.24, 2.45) is 0 Å². The summed E-state index contributed by atoms with van der Waals surface area (Å²) in [7, 11) is 0. The van der Waals surface area contributed by atoms with Crippen LogP contribution in [0.1, 0.15) is 11.3 Å². The Balaban J connectivity index is 2.01. The first-order valence-electron chi connectivity index (χ1n) is 7.07. The average molecular weight is 421 g/mol. The molecule has 1 aliphatic heterocycles. The molecule has 1 N–H and O–H groups in total. The van der Waals surface area contributed by atoms with E-state index in [0.29, 0.717) is 24.0 Å². The molecule has 144 valence electrons. The summed E-state index contributed by atoms with van der Waals surface area (Å²) >= 11 is 6.44. The van der Waals surface area contributed by atoms with E-state index in [9.17, 15) is 31.1 Å². The number of thioether (sulfide) groups is 1. The first-order valence-corrected chi connectivity index (χ1v) is 8.43. The minimum Gasteiger partial charge on any atom is -0.487 e. The molecule has 12 heteroatoms. The molecule has 0 saturated heterocycles. The van der Waals surface area contributed by atoms with Crippen LogP contribution in [0.3, 0.4) is 0 Å². The lowest BCUT2D eigenvalue weighted by Crippen LogP contribution is -2.32. The Kier molecular flexibility index (Phi) is 6.33. The first kappa shape index (κ1) is 20.7. The molecule has 0 saturated carbocycles. The van der Waals surface area contributed by atoms with Crippen molar-refractivity contribution in [3.05, 3.63) is 39.2 Å². The van der Waals surface area contributed by atoms with Crippen LogP contribution in [0.5, 0.6) is 0 Å². The number of nitrogens with one attached hydrogen (secondary N) is 1. The maximum atomic E-state index is 12.8. The first-order chi connectivity index (χ1) is 12.0. The number of carbonyl (C=O) groups excluding carboxylic acids is 1. The molecule has 1 aromatic heterocycles. The summed E-state index contributed by atoms with van der Waals surface area (Å²) in [5, 5.41) is 2.01. The zero-order valence-corrected chi connectivity index (χ0v) is 14.4. The maximum Gasteiger partial charge on any atom is 0.450 e. The molecule has 26 heavy (non-hydrogen) atoms. The summed E-state index contributed by atoms with van der Waals surface area (Å²) in [5.41, 5.74) is -0.941. The second-order valence-corrected chi connectivity index (χ2v) is 6.52. The summed E-state index contributed by atoms with van der Waals surface area (Å²) in [5.74, 6) is -2.14. The second-order valence-electron chi connectivity index (χ2n) is 5.01. The highest BCUT2D eigenvalue weighted by atomic mass is 35.5. The van der Waals surface area contributed by atoms with Gasteiger partial charge in [-0.2, -0.15) is 26.3 Å². The van der Waals surface area contributed by atoms with E-state index in [1.54, 1.807) is 0 Å². The van der Waals surface area contributed by atoms with Gasteiger partial charge in [0.15, 0.2) is 0 Å². The molecule has 0 bridgehead atoms. The number of ether oxygens (including phenoxy) is 1. The van der Waals surface area contributed by atoms with Crippen molar-refractivity contribution < 1.29 is 35.9 Å². The highest BCUT2D eigenvalue weighted by Gasteiger charge is 2.42. The lowest BCUT2D eigenvalue weighted by atomic mass is 10.2. The Bertz CT molecular complexity index is 720. The zero-order valence-electron chi connectivity index (χ0n) is 12.8. The number of hydrogen-bond donors (Lipinski definition) is 1. The quantitative estimate of drug-likeness (QED) is 0.749. The van der Waals surface area contributed by atoms with E-state index >= 15 is 0 Å². The third kappa shape index (κ3) is 5.19. The zero-order chi connectivity index (χ0) is 19.5. The summed E-state index contributed by atoms with van der Waals surface area (Å²) in [4.78, 5) is 14.9. The largest absolute Gasteiger partial charge is 0.487 e. The smallest absolute Gasteiger partial charge is 0.450 e. The highest BCUT2D eigenvalue weighted by Crippen LogP contribution is 2.36. The van der Waals surface area contributed by atoms with Crippen molar-refractivity contribution in [2.75, 3.05) is 18.9 Å². The van der Waals surface area contributed by atoms with Crippen LogP contribution in [0, 0.1) is 0 Å². The van der Waals surface area contributed by atoms with Gasteiger partial charge in [-0.3, -0.25) is 9.78 Å². The Morgan fingerprint density at radius 2 is 1.96 bits per heavy atom. The van der Waals surface area contributed by atoms with Crippen LogP contribution in [-0.4, -0.2) is 36.0 Å². The van der Waals surface area contributed by atoms with Crippen LogP contribution in [-0.2, 0) is 22.1 Å². The Labute approximate surface area is 152 Å². The third-order valence-electron chi connectivity index (χ3n) is 3.14. The molecule has 1 amide bonds. The molecular weight excluding hydrogens is 410 g/mol. The second kappa shape index (κ2) is 7.95. The van der Waals surface area contributed by atoms with E-state index in [1.165, 1.54) is 0 Å². The van der Waals surface area contributed by atoms with Crippen LogP contribution in [0.25, 0.3) is 0 Å². The highest BCUT2D eigenvalue weighted by molar-refractivity contribution is 8.04. The van der Waals surface area contributed by atoms with Crippen LogP contribution < -0.4 is 5.32 Å². The molecule has 0 atom stereocenters. The summed E-state index contributed by atoms with van der Waals surface area (Å²) in [6.07, 6.45) is -8.85. The van der Waals surface area contributed by atoms with Gasteiger partial charge in [0.1, 0.15) is 4.91 Å². The molecule has 2 heterocycles. The number of alkyl halides is 6. The van der Waals surface area contributed by atoms with Crippen LogP contribution in [0.2, 0.25) is 5.02 Å². The van der Waals surface area contributed by atoms with E-state index in [4.69, 9.17) is 11.6 Å². The van der Waals surface area contributed by atoms with Crippen LogP contribution >= 0.6 is 23.4 Å². The van der Waals surface area contributed by atoms with Gasteiger partial charge in [0.25, 0.3) is 5.91 Å². The molecule has 1 aromatic rings. The number of halogens is 7. The number of aromatic nitrogens is 1. The molecule has 0 aromatic carbocycles. The molecule has 1 aliphatic rings. The van der Waals surface area contributed by atoms with Gasteiger partial charge in [-0.05, 0) is 6.07 Å². The van der Waals surface area contributed by atoms with Gasteiger partial charge in [-0.25, -0.2) is 0 Å². The topological polar surface area (TPSA) is 51.2 Å². The van der Waals surface area contributed by atoms with Gasteiger partial charge < -0.3 is 10.1 Å². The normalized spacial score (nSPS) is 15.7. The lowest BCUT2D eigenvalue weighted by molar-refractivity contribution is -0.137. The molecule has 0 radical (unpaired) electrons. The average Bonchev–Trinajstić information content (AvgIpc) is 2.54.